The molecule has 1 heterocycles. The first-order chi connectivity index (χ1) is 9.40. The van der Waals surface area contributed by atoms with Crippen molar-refractivity contribution in [2.75, 3.05) is 5.73 Å². The Morgan fingerprint density at radius 2 is 1.80 bits per heavy atom. The fraction of sp³-hybridized carbons (Fsp3) is 0.286. The fourth-order valence-electron chi connectivity index (χ4n) is 1.86. The maximum atomic E-state index is 6.21. The van der Waals surface area contributed by atoms with Gasteiger partial charge in [0.1, 0.15) is 5.82 Å². The van der Waals surface area contributed by atoms with E-state index in [4.69, 9.17) is 28.9 Å². The SMILES string of the molecule is CC(C)Cc1nc(-c2c(Cl)cccc2Cl)nc(N)c1I. The molecule has 20 heavy (non-hydrogen) atoms. The van der Waals surface area contributed by atoms with Gasteiger partial charge in [0, 0.05) is 0 Å². The zero-order valence-electron chi connectivity index (χ0n) is 11.1. The third kappa shape index (κ3) is 3.35. The summed E-state index contributed by atoms with van der Waals surface area (Å²) in [5.74, 6) is 1.42. The van der Waals surface area contributed by atoms with Crippen molar-refractivity contribution in [3.63, 3.8) is 0 Å². The van der Waals surface area contributed by atoms with Gasteiger partial charge in [-0.15, -0.1) is 0 Å². The van der Waals surface area contributed by atoms with Gasteiger partial charge in [0.25, 0.3) is 0 Å². The molecule has 6 heteroatoms. The Kier molecular flexibility index (Phi) is 5.09. The van der Waals surface area contributed by atoms with Gasteiger partial charge in [-0.2, -0.15) is 0 Å². The van der Waals surface area contributed by atoms with Crippen molar-refractivity contribution < 1.29 is 0 Å². The molecule has 106 valence electrons. The highest BCUT2D eigenvalue weighted by molar-refractivity contribution is 14.1. The Bertz CT molecular complexity index is 624. The van der Waals surface area contributed by atoms with Crippen LogP contribution in [0.25, 0.3) is 11.4 Å². The average molecular weight is 422 g/mol. The summed E-state index contributed by atoms with van der Waals surface area (Å²) in [5.41, 5.74) is 7.55. The van der Waals surface area contributed by atoms with Crippen molar-refractivity contribution in [1.82, 2.24) is 9.97 Å². The van der Waals surface area contributed by atoms with Gasteiger partial charge in [0.2, 0.25) is 0 Å². The lowest BCUT2D eigenvalue weighted by atomic mass is 10.1. The highest BCUT2D eigenvalue weighted by Gasteiger charge is 2.16. The summed E-state index contributed by atoms with van der Waals surface area (Å²) in [5, 5.41) is 1.04. The van der Waals surface area contributed by atoms with Crippen molar-refractivity contribution >= 4 is 51.6 Å². The van der Waals surface area contributed by atoms with Crippen molar-refractivity contribution in [2.45, 2.75) is 20.3 Å². The molecule has 2 N–H and O–H groups in total. The molecule has 3 nitrogen and oxygen atoms in total. The highest BCUT2D eigenvalue weighted by atomic mass is 127. The van der Waals surface area contributed by atoms with Gasteiger partial charge < -0.3 is 5.73 Å². The molecule has 2 rings (SSSR count). The molecule has 0 radical (unpaired) electrons. The average Bonchev–Trinajstić information content (AvgIpc) is 2.34. The summed E-state index contributed by atoms with van der Waals surface area (Å²) in [4.78, 5) is 8.92. The van der Waals surface area contributed by atoms with Crippen LogP contribution in [-0.2, 0) is 6.42 Å². The van der Waals surface area contributed by atoms with Crippen molar-refractivity contribution in [3.05, 3.63) is 37.5 Å². The largest absolute Gasteiger partial charge is 0.383 e. The van der Waals surface area contributed by atoms with Gasteiger partial charge in [-0.25, -0.2) is 9.97 Å². The van der Waals surface area contributed by atoms with Crippen LogP contribution in [-0.4, -0.2) is 9.97 Å². The maximum Gasteiger partial charge on any atom is 0.164 e. The molecule has 0 aliphatic rings. The zero-order chi connectivity index (χ0) is 14.9. The lowest BCUT2D eigenvalue weighted by Gasteiger charge is -2.12. The van der Waals surface area contributed by atoms with Gasteiger partial charge in [-0.05, 0) is 47.1 Å². The lowest BCUT2D eigenvalue weighted by molar-refractivity contribution is 0.632. The van der Waals surface area contributed by atoms with E-state index in [1.807, 2.05) is 0 Å². The van der Waals surface area contributed by atoms with E-state index in [1.54, 1.807) is 18.2 Å². The predicted molar refractivity (Wildman–Crippen MR) is 93.2 cm³/mol. The first-order valence-corrected chi connectivity index (χ1v) is 8.00. The van der Waals surface area contributed by atoms with Crippen LogP contribution in [0.1, 0.15) is 19.5 Å². The van der Waals surface area contributed by atoms with Crippen LogP contribution in [0.4, 0.5) is 5.82 Å². The van der Waals surface area contributed by atoms with E-state index in [-0.39, 0.29) is 0 Å². The summed E-state index contributed by atoms with van der Waals surface area (Å²) in [6.45, 7) is 4.27. The van der Waals surface area contributed by atoms with Crippen molar-refractivity contribution in [1.29, 1.82) is 0 Å². The van der Waals surface area contributed by atoms with Crippen LogP contribution in [0, 0.1) is 9.49 Å². The van der Waals surface area contributed by atoms with Crippen LogP contribution in [0.3, 0.4) is 0 Å². The maximum absolute atomic E-state index is 6.21. The molecule has 1 aromatic heterocycles. The third-order valence-corrected chi connectivity index (χ3v) is 4.54. The van der Waals surface area contributed by atoms with E-state index in [9.17, 15) is 0 Å². The minimum Gasteiger partial charge on any atom is -0.383 e. The number of nitrogens with zero attached hydrogens (tertiary/aromatic N) is 2. The summed E-state index contributed by atoms with van der Waals surface area (Å²) in [6, 6.07) is 5.32. The lowest BCUT2D eigenvalue weighted by Crippen LogP contribution is -2.08. The Hall–Kier alpha value is -0.590. The smallest absolute Gasteiger partial charge is 0.164 e. The van der Waals surface area contributed by atoms with Crippen molar-refractivity contribution in [3.8, 4) is 11.4 Å². The molecule has 0 saturated heterocycles. The second kappa shape index (κ2) is 6.45. The Labute approximate surface area is 142 Å². The third-order valence-electron chi connectivity index (χ3n) is 2.73. The number of hydrogen-bond acceptors (Lipinski definition) is 3. The van der Waals surface area contributed by atoms with Gasteiger partial charge in [0.05, 0.1) is 24.9 Å². The molecular formula is C14H14Cl2IN3. The molecule has 1 aromatic carbocycles. The molecule has 0 amide bonds. The molecule has 0 spiro atoms. The van der Waals surface area contributed by atoms with E-state index in [0.29, 0.717) is 33.2 Å². The Morgan fingerprint density at radius 3 is 2.35 bits per heavy atom. The number of aromatic nitrogens is 2. The molecule has 0 bridgehead atoms. The predicted octanol–water partition coefficient (Wildman–Crippen LogP) is 4.84. The molecule has 0 aliphatic heterocycles. The van der Waals surface area contributed by atoms with Gasteiger partial charge in [-0.3, -0.25) is 0 Å². The van der Waals surface area contributed by atoms with Gasteiger partial charge in [0.15, 0.2) is 5.82 Å². The number of nitrogens with two attached hydrogens (primary N) is 1. The Balaban J connectivity index is 2.61. The zero-order valence-corrected chi connectivity index (χ0v) is 14.8. The molecule has 0 aliphatic carbocycles. The van der Waals surface area contributed by atoms with Crippen LogP contribution in [0.5, 0.6) is 0 Å². The molecule has 2 aromatic rings. The van der Waals surface area contributed by atoms with Gasteiger partial charge in [-0.1, -0.05) is 43.1 Å². The number of hydrogen-bond donors (Lipinski definition) is 1. The van der Waals surface area contributed by atoms with Crippen molar-refractivity contribution in [2.24, 2.45) is 5.92 Å². The summed E-state index contributed by atoms with van der Waals surface area (Å²) >= 11 is 14.6. The summed E-state index contributed by atoms with van der Waals surface area (Å²) < 4.78 is 0.892. The van der Waals surface area contributed by atoms with E-state index in [0.717, 1.165) is 15.7 Å². The van der Waals surface area contributed by atoms with E-state index < -0.39 is 0 Å². The molecule has 0 atom stereocenters. The molecular weight excluding hydrogens is 408 g/mol. The normalized spacial score (nSPS) is 11.1. The second-order valence-corrected chi connectivity index (χ2v) is 6.78. The van der Waals surface area contributed by atoms with E-state index >= 15 is 0 Å². The number of benzene rings is 1. The van der Waals surface area contributed by atoms with Crippen LogP contribution < -0.4 is 5.73 Å². The minimum atomic E-state index is 0.460. The Morgan fingerprint density at radius 1 is 1.20 bits per heavy atom. The first kappa shape index (κ1) is 15.8. The number of anilines is 1. The van der Waals surface area contributed by atoms with Gasteiger partial charge >= 0.3 is 0 Å². The molecule has 0 unspecified atom stereocenters. The second-order valence-electron chi connectivity index (χ2n) is 4.89. The van der Waals surface area contributed by atoms with Crippen LogP contribution >= 0.6 is 45.8 Å². The number of nitrogen functional groups attached to an aromatic ring is 1. The van der Waals surface area contributed by atoms with E-state index in [2.05, 4.69) is 46.4 Å². The number of rotatable bonds is 3. The molecule has 0 saturated carbocycles. The van der Waals surface area contributed by atoms with Crippen LogP contribution in [0.15, 0.2) is 18.2 Å². The standard InChI is InChI=1S/C14H14Cl2IN3/c1-7(2)6-10-12(17)13(18)20-14(19-10)11-8(15)4-3-5-9(11)16/h3-5,7H,6H2,1-2H3,(H2,18,19,20). The fourth-order valence-corrected chi connectivity index (χ4v) is 2.89. The minimum absolute atomic E-state index is 0.460. The van der Waals surface area contributed by atoms with Crippen LogP contribution in [0.2, 0.25) is 10.0 Å². The highest BCUT2D eigenvalue weighted by Crippen LogP contribution is 2.34. The number of halogens is 3. The quantitative estimate of drug-likeness (QED) is 0.721. The molecule has 0 fully saturated rings. The topological polar surface area (TPSA) is 51.8 Å². The van der Waals surface area contributed by atoms with E-state index in [1.165, 1.54) is 0 Å². The summed E-state index contributed by atoms with van der Waals surface area (Å²) in [6.07, 6.45) is 0.833. The first-order valence-electron chi connectivity index (χ1n) is 6.16. The summed E-state index contributed by atoms with van der Waals surface area (Å²) in [7, 11) is 0. The monoisotopic (exact) mass is 421 g/mol.